The lowest BCUT2D eigenvalue weighted by molar-refractivity contribution is -0.155. The Morgan fingerprint density at radius 3 is 2.21 bits per heavy atom. The number of anilines is 2. The fourth-order valence-electron chi connectivity index (χ4n) is 3.30. The number of thiocarbonyl (C=S) groups is 1. The van der Waals surface area contributed by atoms with E-state index in [-0.39, 0.29) is 29.9 Å². The van der Waals surface area contributed by atoms with Crippen molar-refractivity contribution in [1.82, 2.24) is 15.5 Å². The zero-order valence-corrected chi connectivity index (χ0v) is 23.1. The molecule has 1 unspecified atom stereocenters. The molecule has 0 aliphatic heterocycles. The van der Waals surface area contributed by atoms with Crippen LogP contribution in [0.2, 0.25) is 0 Å². The summed E-state index contributed by atoms with van der Waals surface area (Å²) in [6.07, 6.45) is -4.57. The number of ether oxygens (including phenoxy) is 1. The molecule has 0 saturated heterocycles. The first kappa shape index (κ1) is 30.7. The molecule has 0 aliphatic carbocycles. The van der Waals surface area contributed by atoms with Gasteiger partial charge in [-0.05, 0) is 69.2 Å². The van der Waals surface area contributed by atoms with E-state index in [1.165, 1.54) is 17.0 Å². The van der Waals surface area contributed by atoms with E-state index in [1.807, 2.05) is 0 Å². The average molecular weight is 554 g/mol. The molecule has 2 aromatic carbocycles. The van der Waals surface area contributed by atoms with Gasteiger partial charge in [0.1, 0.15) is 6.61 Å². The van der Waals surface area contributed by atoms with Crippen molar-refractivity contribution in [3.63, 3.8) is 0 Å². The van der Waals surface area contributed by atoms with Crippen LogP contribution in [0.1, 0.15) is 44.4 Å². The SMILES string of the molecule is CN(C)C(=O)NCc1cccc(N)c1NC(=S)NC(C)(COC(=O)C(C)(C)C)c1cccc(C(F)(F)F)c1. The number of urea groups is 1. The van der Waals surface area contributed by atoms with E-state index < -0.39 is 28.7 Å². The lowest BCUT2D eigenvalue weighted by atomic mass is 9.91. The third-order valence-electron chi connectivity index (χ3n) is 5.58. The molecular weight excluding hydrogens is 519 g/mol. The van der Waals surface area contributed by atoms with Crippen molar-refractivity contribution >= 4 is 40.7 Å². The lowest BCUT2D eigenvalue weighted by Crippen LogP contribution is -2.49. The van der Waals surface area contributed by atoms with Crippen LogP contribution in [-0.2, 0) is 27.8 Å². The summed E-state index contributed by atoms with van der Waals surface area (Å²) in [6.45, 7) is 6.43. The first-order valence-electron chi connectivity index (χ1n) is 11.7. The van der Waals surface area contributed by atoms with Gasteiger partial charge in [0.15, 0.2) is 5.11 Å². The number of carbonyl (C=O) groups is 2. The van der Waals surface area contributed by atoms with E-state index in [0.29, 0.717) is 16.9 Å². The molecule has 0 aliphatic rings. The van der Waals surface area contributed by atoms with Crippen LogP contribution in [-0.4, -0.2) is 42.7 Å². The quantitative estimate of drug-likeness (QED) is 0.221. The largest absolute Gasteiger partial charge is 0.462 e. The van der Waals surface area contributed by atoms with Crippen LogP contribution in [0.15, 0.2) is 42.5 Å². The maximum atomic E-state index is 13.5. The molecule has 208 valence electrons. The number of nitrogens with two attached hydrogens (primary N) is 1. The second-order valence-electron chi connectivity index (χ2n) is 10.3. The molecule has 0 saturated carbocycles. The van der Waals surface area contributed by atoms with Crippen molar-refractivity contribution in [2.24, 2.45) is 5.41 Å². The summed E-state index contributed by atoms with van der Waals surface area (Å²) in [4.78, 5) is 25.8. The fraction of sp³-hybridized carbons (Fsp3) is 0.423. The van der Waals surface area contributed by atoms with Gasteiger partial charge in [0, 0.05) is 20.6 Å². The number of hydrogen-bond donors (Lipinski definition) is 4. The normalized spacial score (nSPS) is 13.2. The molecule has 0 spiro atoms. The van der Waals surface area contributed by atoms with Crippen molar-refractivity contribution in [1.29, 1.82) is 0 Å². The van der Waals surface area contributed by atoms with Gasteiger partial charge in [0.25, 0.3) is 0 Å². The van der Waals surface area contributed by atoms with Gasteiger partial charge < -0.3 is 31.3 Å². The van der Waals surface area contributed by atoms with Gasteiger partial charge in [0.05, 0.1) is 27.9 Å². The fourth-order valence-corrected chi connectivity index (χ4v) is 3.63. The van der Waals surface area contributed by atoms with E-state index in [2.05, 4.69) is 16.0 Å². The lowest BCUT2D eigenvalue weighted by Gasteiger charge is -2.34. The molecule has 2 aromatic rings. The number of carbonyl (C=O) groups excluding carboxylic acids is 2. The summed E-state index contributed by atoms with van der Waals surface area (Å²) < 4.78 is 45.9. The van der Waals surface area contributed by atoms with Crippen molar-refractivity contribution in [3.8, 4) is 0 Å². The number of nitrogens with zero attached hydrogens (tertiary/aromatic N) is 1. The number of alkyl halides is 3. The Morgan fingerprint density at radius 2 is 1.63 bits per heavy atom. The minimum atomic E-state index is -4.57. The van der Waals surface area contributed by atoms with E-state index >= 15 is 0 Å². The van der Waals surface area contributed by atoms with Crippen LogP contribution in [0.4, 0.5) is 29.3 Å². The Bertz CT molecular complexity index is 1180. The minimum Gasteiger partial charge on any atom is -0.462 e. The van der Waals surface area contributed by atoms with Gasteiger partial charge in [-0.1, -0.05) is 24.3 Å². The summed E-state index contributed by atoms with van der Waals surface area (Å²) in [5, 5.41) is 8.76. The van der Waals surface area contributed by atoms with Gasteiger partial charge >= 0.3 is 18.2 Å². The Kier molecular flexibility index (Phi) is 9.60. The summed E-state index contributed by atoms with van der Waals surface area (Å²) in [6, 6.07) is 9.51. The number of amides is 2. The zero-order valence-electron chi connectivity index (χ0n) is 22.2. The molecule has 5 N–H and O–H groups in total. The van der Waals surface area contributed by atoms with Gasteiger partial charge in [-0.25, -0.2) is 4.79 Å². The maximum absolute atomic E-state index is 13.5. The molecule has 8 nitrogen and oxygen atoms in total. The number of para-hydroxylation sites is 1. The topological polar surface area (TPSA) is 109 Å². The Morgan fingerprint density at radius 1 is 1.03 bits per heavy atom. The van der Waals surface area contributed by atoms with Crippen LogP contribution in [0.25, 0.3) is 0 Å². The second kappa shape index (κ2) is 11.9. The number of hydrogen-bond acceptors (Lipinski definition) is 5. The Balaban J connectivity index is 2.37. The van der Waals surface area contributed by atoms with Gasteiger partial charge in [-0.3, -0.25) is 4.79 Å². The molecule has 2 rings (SSSR count). The summed E-state index contributed by atoms with van der Waals surface area (Å²) >= 11 is 5.50. The average Bonchev–Trinajstić information content (AvgIpc) is 2.81. The second-order valence-corrected chi connectivity index (χ2v) is 10.7. The van der Waals surface area contributed by atoms with Crippen LogP contribution in [0.3, 0.4) is 0 Å². The molecule has 0 bridgehead atoms. The monoisotopic (exact) mass is 553 g/mol. The van der Waals surface area contributed by atoms with Crippen molar-refractivity contribution in [3.05, 3.63) is 59.2 Å². The molecular formula is C26H34F3N5O3S. The first-order chi connectivity index (χ1) is 17.4. The highest BCUT2D eigenvalue weighted by Gasteiger charge is 2.36. The third kappa shape index (κ3) is 8.23. The van der Waals surface area contributed by atoms with Gasteiger partial charge in [-0.2, -0.15) is 13.2 Å². The van der Waals surface area contributed by atoms with E-state index in [1.54, 1.807) is 60.0 Å². The van der Waals surface area contributed by atoms with Crippen LogP contribution in [0.5, 0.6) is 0 Å². The molecule has 2 amide bonds. The van der Waals surface area contributed by atoms with Crippen LogP contribution < -0.4 is 21.7 Å². The molecule has 12 heteroatoms. The molecule has 0 radical (unpaired) electrons. The number of benzene rings is 2. The summed E-state index contributed by atoms with van der Waals surface area (Å²) in [5.74, 6) is -0.525. The molecule has 1 atom stereocenters. The zero-order chi connectivity index (χ0) is 28.9. The Labute approximate surface area is 226 Å². The van der Waals surface area contributed by atoms with Gasteiger partial charge in [-0.15, -0.1) is 0 Å². The van der Waals surface area contributed by atoms with Crippen LogP contribution in [0, 0.1) is 5.41 Å². The number of halogens is 3. The summed E-state index contributed by atoms with van der Waals surface area (Å²) in [5.41, 5.74) is 4.74. The summed E-state index contributed by atoms with van der Waals surface area (Å²) in [7, 11) is 3.21. The highest BCUT2D eigenvalue weighted by molar-refractivity contribution is 7.80. The van der Waals surface area contributed by atoms with Gasteiger partial charge in [0.2, 0.25) is 0 Å². The van der Waals surface area contributed by atoms with Crippen molar-refractivity contribution in [2.75, 3.05) is 31.8 Å². The molecule has 0 aromatic heterocycles. The maximum Gasteiger partial charge on any atom is 0.416 e. The minimum absolute atomic E-state index is 0.0230. The van der Waals surface area contributed by atoms with Crippen molar-refractivity contribution in [2.45, 2.75) is 46.0 Å². The molecule has 0 fully saturated rings. The number of esters is 1. The predicted molar refractivity (Wildman–Crippen MR) is 145 cm³/mol. The standard InChI is InChI=1S/C26H34F3N5O3S/c1-24(2,3)21(35)37-15-25(4,17-10-8-11-18(13-17)26(27,28)29)33-22(38)32-20-16(9-7-12-19(20)30)14-31-23(36)34(5)6/h7-13H,14-15,30H2,1-6H3,(H,31,36)(H2,32,33,38). The smallest absolute Gasteiger partial charge is 0.416 e. The number of nitrogen functional groups attached to an aromatic ring is 1. The molecule has 0 heterocycles. The van der Waals surface area contributed by atoms with E-state index in [9.17, 15) is 22.8 Å². The van der Waals surface area contributed by atoms with Crippen LogP contribution >= 0.6 is 12.2 Å². The molecule has 38 heavy (non-hydrogen) atoms. The third-order valence-corrected chi connectivity index (χ3v) is 5.78. The highest BCUT2D eigenvalue weighted by Crippen LogP contribution is 2.33. The highest BCUT2D eigenvalue weighted by atomic mass is 32.1. The van der Waals surface area contributed by atoms with E-state index in [4.69, 9.17) is 22.7 Å². The number of nitrogens with one attached hydrogen (secondary N) is 3. The van der Waals surface area contributed by atoms with E-state index in [0.717, 1.165) is 12.1 Å². The van der Waals surface area contributed by atoms with Crippen molar-refractivity contribution < 1.29 is 27.5 Å². The predicted octanol–water partition coefficient (Wildman–Crippen LogP) is 4.85. The Hall–Kier alpha value is -3.54. The number of rotatable bonds is 7. The first-order valence-corrected chi connectivity index (χ1v) is 12.1.